The van der Waals surface area contributed by atoms with Gasteiger partial charge < -0.3 is 14.6 Å². The summed E-state index contributed by atoms with van der Waals surface area (Å²) in [6, 6.07) is 18.0. The summed E-state index contributed by atoms with van der Waals surface area (Å²) in [5, 5.41) is 3.15. The van der Waals surface area contributed by atoms with Gasteiger partial charge in [-0.3, -0.25) is 9.52 Å². The van der Waals surface area contributed by atoms with Crippen molar-refractivity contribution >= 4 is 44.3 Å². The highest BCUT2D eigenvalue weighted by atomic mass is 35.5. The van der Waals surface area contributed by atoms with E-state index in [4.69, 9.17) is 16.3 Å². The molecule has 4 aromatic rings. The van der Waals surface area contributed by atoms with Crippen LogP contribution in [0.25, 0.3) is 11.0 Å². The molecule has 33 heavy (non-hydrogen) atoms. The second kappa shape index (κ2) is 9.13. The van der Waals surface area contributed by atoms with Gasteiger partial charge in [-0.1, -0.05) is 29.8 Å². The predicted molar refractivity (Wildman–Crippen MR) is 127 cm³/mol. The Bertz CT molecular complexity index is 1450. The summed E-state index contributed by atoms with van der Waals surface area (Å²) in [5.41, 5.74) is 2.19. The van der Waals surface area contributed by atoms with Crippen molar-refractivity contribution in [1.82, 2.24) is 14.9 Å². The second-order valence-electron chi connectivity index (χ2n) is 7.24. The van der Waals surface area contributed by atoms with Gasteiger partial charge in [-0.05, 0) is 48.5 Å². The minimum absolute atomic E-state index is 0.0695. The summed E-state index contributed by atoms with van der Waals surface area (Å²) in [6.07, 6.45) is 0. The number of halogens is 1. The van der Waals surface area contributed by atoms with Crippen LogP contribution in [0.15, 0.2) is 71.6 Å². The molecule has 1 aromatic heterocycles. The molecule has 10 heteroatoms. The van der Waals surface area contributed by atoms with Crippen LogP contribution in [-0.2, 0) is 23.6 Å². The fourth-order valence-electron chi connectivity index (χ4n) is 3.38. The maximum atomic E-state index is 12.9. The number of nitrogens with zero attached hydrogens (tertiary/aromatic N) is 2. The Morgan fingerprint density at radius 1 is 1.09 bits per heavy atom. The molecule has 0 bridgehead atoms. The number of methoxy groups -OCH3 is 1. The minimum atomic E-state index is -3.99. The Hall–Kier alpha value is -3.56. The maximum absolute atomic E-state index is 12.9. The molecule has 0 fully saturated rings. The third-order valence-electron chi connectivity index (χ3n) is 5.10. The van der Waals surface area contributed by atoms with E-state index in [0.29, 0.717) is 16.6 Å². The summed E-state index contributed by atoms with van der Waals surface area (Å²) in [5.74, 6) is 0.585. The van der Waals surface area contributed by atoms with Crippen molar-refractivity contribution in [3.8, 4) is 5.75 Å². The van der Waals surface area contributed by atoms with Gasteiger partial charge in [-0.2, -0.15) is 0 Å². The quantitative estimate of drug-likeness (QED) is 0.413. The van der Waals surface area contributed by atoms with E-state index in [2.05, 4.69) is 15.0 Å². The number of hydrogen-bond acceptors (Lipinski definition) is 5. The van der Waals surface area contributed by atoms with Gasteiger partial charge in [0, 0.05) is 17.6 Å². The lowest BCUT2D eigenvalue weighted by atomic mass is 10.2. The molecule has 0 unspecified atom stereocenters. The van der Waals surface area contributed by atoms with E-state index in [-0.39, 0.29) is 22.7 Å². The molecule has 0 saturated heterocycles. The fourth-order valence-corrected chi connectivity index (χ4v) is 4.66. The largest absolute Gasteiger partial charge is 0.495 e. The molecule has 0 spiro atoms. The van der Waals surface area contributed by atoms with E-state index >= 15 is 0 Å². The highest BCUT2D eigenvalue weighted by Crippen LogP contribution is 2.30. The van der Waals surface area contributed by atoms with Gasteiger partial charge in [-0.25, -0.2) is 13.4 Å². The van der Waals surface area contributed by atoms with Gasteiger partial charge in [0.1, 0.15) is 11.6 Å². The number of carbonyl (C=O) groups is 1. The molecule has 4 rings (SSSR count). The van der Waals surface area contributed by atoms with E-state index in [1.54, 1.807) is 18.2 Å². The molecule has 0 aliphatic heterocycles. The predicted octanol–water partition coefficient (Wildman–Crippen LogP) is 3.97. The number of para-hydroxylation sites is 2. The van der Waals surface area contributed by atoms with Crippen molar-refractivity contribution in [2.45, 2.75) is 11.4 Å². The average molecular weight is 485 g/mol. The van der Waals surface area contributed by atoms with E-state index in [0.717, 1.165) is 11.0 Å². The zero-order valence-corrected chi connectivity index (χ0v) is 19.4. The molecule has 170 valence electrons. The van der Waals surface area contributed by atoms with Crippen LogP contribution in [0.1, 0.15) is 16.2 Å². The number of ether oxygens (including phenoxy) is 1. The number of anilines is 1. The molecule has 0 saturated carbocycles. The lowest BCUT2D eigenvalue weighted by Gasteiger charge is -2.13. The third kappa shape index (κ3) is 4.79. The molecule has 1 heterocycles. The number of aromatic nitrogens is 2. The van der Waals surface area contributed by atoms with Crippen LogP contribution in [-0.4, -0.2) is 31.0 Å². The first-order valence-electron chi connectivity index (χ1n) is 9.93. The van der Waals surface area contributed by atoms with Crippen LogP contribution in [0.5, 0.6) is 5.75 Å². The zero-order valence-electron chi connectivity index (χ0n) is 17.9. The number of aryl methyl sites for hydroxylation is 1. The molecular weight excluding hydrogens is 464 g/mol. The molecule has 1 amide bonds. The third-order valence-corrected chi connectivity index (χ3v) is 6.70. The zero-order chi connectivity index (χ0) is 23.6. The van der Waals surface area contributed by atoms with Crippen molar-refractivity contribution in [3.05, 3.63) is 83.1 Å². The lowest BCUT2D eigenvalue weighted by molar-refractivity contribution is 0.0949. The van der Waals surface area contributed by atoms with E-state index in [1.165, 1.54) is 31.4 Å². The van der Waals surface area contributed by atoms with Gasteiger partial charge in [-0.15, -0.1) is 0 Å². The number of sulfonamides is 1. The van der Waals surface area contributed by atoms with Crippen molar-refractivity contribution in [1.29, 1.82) is 0 Å². The standard InChI is InChI=1S/C23H21ClN4O4S/c1-28-20-9-4-3-8-18(20)26-22(28)14-25-23(29)15-6-5-7-17(12-15)33(30,31)27-19-13-16(24)10-11-21(19)32-2/h3-13,27H,14H2,1-2H3,(H,25,29). The molecule has 0 aliphatic carbocycles. The lowest BCUT2D eigenvalue weighted by Crippen LogP contribution is -2.25. The molecule has 8 nitrogen and oxygen atoms in total. The number of benzene rings is 3. The SMILES string of the molecule is COc1ccc(Cl)cc1NS(=O)(=O)c1cccc(C(=O)NCc2nc3ccccc3n2C)c1. The smallest absolute Gasteiger partial charge is 0.262 e. The number of rotatable bonds is 7. The fraction of sp³-hybridized carbons (Fsp3) is 0.130. The summed E-state index contributed by atoms with van der Waals surface area (Å²) >= 11 is 5.99. The van der Waals surface area contributed by atoms with Crippen molar-refractivity contribution in [2.24, 2.45) is 7.05 Å². The first-order chi connectivity index (χ1) is 15.8. The van der Waals surface area contributed by atoms with Crippen molar-refractivity contribution < 1.29 is 17.9 Å². The Morgan fingerprint density at radius 2 is 1.88 bits per heavy atom. The summed E-state index contributed by atoms with van der Waals surface area (Å²) in [4.78, 5) is 17.2. The first-order valence-corrected chi connectivity index (χ1v) is 11.8. The Labute approximate surface area is 196 Å². The van der Waals surface area contributed by atoms with Crippen LogP contribution in [0.2, 0.25) is 5.02 Å². The van der Waals surface area contributed by atoms with E-state index in [9.17, 15) is 13.2 Å². The topological polar surface area (TPSA) is 102 Å². The number of nitrogens with one attached hydrogen (secondary N) is 2. The normalized spacial score (nSPS) is 11.4. The van der Waals surface area contributed by atoms with Crippen LogP contribution in [0.4, 0.5) is 5.69 Å². The molecule has 0 radical (unpaired) electrons. The summed E-state index contributed by atoms with van der Waals surface area (Å²) < 4.78 is 35.4. The molecule has 0 aliphatic rings. The summed E-state index contributed by atoms with van der Waals surface area (Å²) in [6.45, 7) is 0.193. The van der Waals surface area contributed by atoms with Crippen LogP contribution < -0.4 is 14.8 Å². The minimum Gasteiger partial charge on any atom is -0.495 e. The van der Waals surface area contributed by atoms with Gasteiger partial charge >= 0.3 is 0 Å². The monoisotopic (exact) mass is 484 g/mol. The Balaban J connectivity index is 1.52. The summed E-state index contributed by atoms with van der Waals surface area (Å²) in [7, 11) is -0.693. The molecule has 0 atom stereocenters. The molecular formula is C23H21ClN4O4S. The Morgan fingerprint density at radius 3 is 2.64 bits per heavy atom. The van der Waals surface area contributed by atoms with Crippen LogP contribution >= 0.6 is 11.6 Å². The van der Waals surface area contributed by atoms with E-state index < -0.39 is 15.9 Å². The Kier molecular flexibility index (Phi) is 6.26. The van der Waals surface area contributed by atoms with Gasteiger partial charge in [0.15, 0.2) is 0 Å². The first kappa shape index (κ1) is 22.6. The number of amides is 1. The van der Waals surface area contributed by atoms with Gasteiger partial charge in [0.25, 0.3) is 15.9 Å². The van der Waals surface area contributed by atoms with Gasteiger partial charge in [0.2, 0.25) is 0 Å². The highest BCUT2D eigenvalue weighted by molar-refractivity contribution is 7.92. The van der Waals surface area contributed by atoms with Crippen molar-refractivity contribution in [2.75, 3.05) is 11.8 Å². The highest BCUT2D eigenvalue weighted by Gasteiger charge is 2.19. The van der Waals surface area contributed by atoms with Gasteiger partial charge in [0.05, 0.1) is 35.3 Å². The van der Waals surface area contributed by atoms with Crippen LogP contribution in [0, 0.1) is 0 Å². The number of carbonyl (C=O) groups excluding carboxylic acids is 1. The van der Waals surface area contributed by atoms with Crippen molar-refractivity contribution in [3.63, 3.8) is 0 Å². The molecule has 3 aromatic carbocycles. The number of hydrogen-bond donors (Lipinski definition) is 2. The second-order valence-corrected chi connectivity index (χ2v) is 9.36. The average Bonchev–Trinajstić information content (AvgIpc) is 3.13. The van der Waals surface area contributed by atoms with E-state index in [1.807, 2.05) is 35.9 Å². The number of fused-ring (bicyclic) bond motifs is 1. The maximum Gasteiger partial charge on any atom is 0.262 e. The molecule has 2 N–H and O–H groups in total. The van der Waals surface area contributed by atoms with Crippen LogP contribution in [0.3, 0.4) is 0 Å². The number of imidazole rings is 1.